The molecule has 0 bridgehead atoms. The minimum absolute atomic E-state index is 0.00758. The van der Waals surface area contributed by atoms with Gasteiger partial charge in [0.05, 0.1) is 90.1 Å². The Morgan fingerprint density at radius 3 is 1.31 bits per heavy atom. The average Bonchev–Trinajstić information content (AvgIpc) is 1.99. The second kappa shape index (κ2) is 36.3. The normalized spacial score (nSPS) is 16.8. The van der Waals surface area contributed by atoms with Gasteiger partial charge in [-0.2, -0.15) is 13.9 Å². The van der Waals surface area contributed by atoms with Gasteiger partial charge in [0.1, 0.15) is 24.8 Å². The van der Waals surface area contributed by atoms with Crippen molar-refractivity contribution >= 4 is 107 Å². The lowest BCUT2D eigenvalue weighted by Crippen LogP contribution is -2.87. The highest BCUT2D eigenvalue weighted by molar-refractivity contribution is 6.05. The Labute approximate surface area is 492 Å². The SMILES string of the molecule is CC(CCNC(=O)C(CCCCNC(=O)CCC(=O)[N+]1([O-])C(=O)CCC1=O)NC(=O)CCC(=O)[N+]1([O-])C(=O)CCC1=O)OCCOCCNC(=O)C(CCCCNC(=O)CCC(=O)[N+]1([O-])C(=O)CCC1=O)NC(=O)CCC(=[OH+])O[NH2+]C(=O)CCC=O. The van der Waals surface area contributed by atoms with E-state index in [1.165, 1.54) is 0 Å². The number of hydrogen-bond acceptors (Lipinski definition) is 23. The van der Waals surface area contributed by atoms with Crippen LogP contribution in [0.25, 0.3) is 0 Å². The van der Waals surface area contributed by atoms with E-state index in [-0.39, 0.29) is 142 Å². The molecule has 0 aromatic carbocycles. The summed E-state index contributed by atoms with van der Waals surface area (Å²) in [5, 5.41) is 53.1. The lowest BCUT2D eigenvalue weighted by Gasteiger charge is -2.29. The van der Waals surface area contributed by atoms with Crippen molar-refractivity contribution in [1.82, 2.24) is 31.9 Å². The maximum absolute atomic E-state index is 13.4. The van der Waals surface area contributed by atoms with Gasteiger partial charge in [-0.1, -0.05) is 4.84 Å². The van der Waals surface area contributed by atoms with Gasteiger partial charge in [0.25, 0.3) is 0 Å². The Balaban J connectivity index is 1.43. The number of carbonyl (C=O) groups excluding carboxylic acids is 18. The number of carbonyl (C=O) groups is 17. The summed E-state index contributed by atoms with van der Waals surface area (Å²) in [5.41, 5.74) is 0.696. The summed E-state index contributed by atoms with van der Waals surface area (Å²) >= 11 is 0. The number of aldehydes is 1. The van der Waals surface area contributed by atoms with Gasteiger partial charge >= 0.3 is 65.0 Å². The van der Waals surface area contributed by atoms with Crippen LogP contribution in [0.3, 0.4) is 0 Å². The van der Waals surface area contributed by atoms with Crippen molar-refractivity contribution in [2.24, 2.45) is 0 Å². The molecule has 0 aliphatic carbocycles. The van der Waals surface area contributed by atoms with E-state index in [4.69, 9.17) is 14.3 Å². The van der Waals surface area contributed by atoms with Gasteiger partial charge in [0, 0.05) is 58.3 Å². The molecule has 3 aliphatic rings. The number of quaternary nitrogens is 4. The first kappa shape index (κ1) is 72.6. The summed E-state index contributed by atoms with van der Waals surface area (Å²) in [6.45, 7) is 1.88. The Hall–Kier alpha value is -7.70. The fourth-order valence-electron chi connectivity index (χ4n) is 8.68. The van der Waals surface area contributed by atoms with Crippen LogP contribution in [0.5, 0.6) is 0 Å². The highest BCUT2D eigenvalue weighted by Gasteiger charge is 2.50. The molecule has 3 fully saturated rings. The van der Waals surface area contributed by atoms with E-state index < -0.39 is 184 Å². The van der Waals surface area contributed by atoms with Crippen LogP contribution in [0.2, 0.25) is 0 Å². The van der Waals surface area contributed by atoms with Crippen LogP contribution >= 0.6 is 0 Å². The first-order chi connectivity index (χ1) is 40.7. The fraction of sp³-hybridized carbons (Fsp3) is 0.654. The molecule has 3 rings (SSSR count). The number of hydroxylamine groups is 10. The molecule has 476 valence electrons. The predicted octanol–water partition coefficient (Wildman–Crippen LogP) is -3.74. The summed E-state index contributed by atoms with van der Waals surface area (Å²) in [6.07, 6.45) is -5.51. The molecular weight excluding hydrogens is 1150 g/mol. The maximum Gasteiger partial charge on any atom is 0.553 e. The fourth-order valence-corrected chi connectivity index (χ4v) is 8.68. The number of nitrogens with one attached hydrogen (secondary N) is 6. The van der Waals surface area contributed by atoms with E-state index in [1.807, 2.05) is 0 Å². The third kappa shape index (κ3) is 22.6. The van der Waals surface area contributed by atoms with Crippen LogP contribution < -0.4 is 37.4 Å². The van der Waals surface area contributed by atoms with Crippen molar-refractivity contribution in [2.45, 2.75) is 173 Å². The van der Waals surface area contributed by atoms with Gasteiger partial charge in [-0.3, -0.25) is 28.8 Å². The standard InChI is InChI=1S/C52H74N10O24/c1-33(24-27-55-51(79)34(57-38(66)12-16-43(71)62(83)48(76)21-22-49(62)77)7-2-4-25-53-36(64)10-14-41(69)60(81)44(72)17-18-45(60)73)85-32-31-84-30-28-56-52(80)35(58-39(67)13-23-50(78)86-59-40(68)9-6-29-63)8-3-5-26-54-37(65)11-15-42(70)61(82)46(74)19-20-47(61)75/h29,33-35H,2-28,30-32H2,1H3,(H,53,64)(H,54,65)(H,55,79)(H,56,80)(H,57,66)(H,58,67)(H,59,68)/p+2. The number of likely N-dealkylation sites (tertiary alicyclic amines) is 3. The van der Waals surface area contributed by atoms with Crippen LogP contribution in [0.1, 0.15) is 155 Å². The number of hydrogen-bond donors (Lipinski definition) is 7. The largest absolute Gasteiger partial charge is 0.610 e. The third-order valence-electron chi connectivity index (χ3n) is 13.7. The summed E-state index contributed by atoms with van der Waals surface area (Å²) in [5.74, 6) is -15.8. The highest BCUT2D eigenvalue weighted by Crippen LogP contribution is 2.26. The topological polar surface area (TPSA) is 497 Å². The summed E-state index contributed by atoms with van der Waals surface area (Å²) < 4.78 is 4.55. The van der Waals surface area contributed by atoms with Crippen LogP contribution in [0.15, 0.2) is 0 Å². The molecule has 3 saturated heterocycles. The van der Waals surface area contributed by atoms with Crippen LogP contribution in [0, 0.1) is 15.6 Å². The highest BCUT2D eigenvalue weighted by atomic mass is 16.7. The van der Waals surface area contributed by atoms with Crippen LogP contribution in [-0.2, 0) is 95.8 Å². The zero-order valence-electron chi connectivity index (χ0n) is 47.8. The lowest BCUT2D eigenvalue weighted by atomic mass is 10.1. The van der Waals surface area contributed by atoms with E-state index >= 15 is 0 Å². The molecule has 3 atom stereocenters. The minimum Gasteiger partial charge on any atom is -0.610 e. The molecule has 0 radical (unpaired) electrons. The van der Waals surface area contributed by atoms with Gasteiger partial charge in [-0.15, -0.1) is 0 Å². The molecule has 86 heavy (non-hydrogen) atoms. The number of nitrogens with zero attached hydrogens (tertiary/aromatic N) is 3. The number of nitrogens with two attached hydrogens (primary N) is 1. The van der Waals surface area contributed by atoms with E-state index in [0.717, 1.165) is 0 Å². The zero-order valence-corrected chi connectivity index (χ0v) is 47.8. The molecule has 9 N–H and O–H groups in total. The second-order valence-electron chi connectivity index (χ2n) is 20.3. The van der Waals surface area contributed by atoms with Crippen molar-refractivity contribution in [1.29, 1.82) is 0 Å². The molecule has 34 heteroatoms. The summed E-state index contributed by atoms with van der Waals surface area (Å²) in [4.78, 5) is 223. The number of rotatable bonds is 39. The number of amides is 16. The third-order valence-corrected chi connectivity index (χ3v) is 13.7. The van der Waals surface area contributed by atoms with Gasteiger partial charge in [0.15, 0.2) is 0 Å². The molecule has 0 spiro atoms. The average molecular weight is 1230 g/mol. The smallest absolute Gasteiger partial charge is 0.553 e. The van der Waals surface area contributed by atoms with E-state index in [1.54, 1.807) is 6.92 Å². The van der Waals surface area contributed by atoms with Gasteiger partial charge in [0.2, 0.25) is 35.4 Å². The molecule has 16 amide bonds. The van der Waals surface area contributed by atoms with Gasteiger partial charge in [-0.05, 0) is 57.3 Å². The van der Waals surface area contributed by atoms with E-state index in [2.05, 4.69) is 31.9 Å². The number of unbranched alkanes of at least 4 members (excludes halogenated alkanes) is 2. The molecule has 3 aliphatic heterocycles. The molecule has 3 unspecified atom stereocenters. The maximum atomic E-state index is 13.4. The quantitative estimate of drug-likeness (QED) is 0.00591. The van der Waals surface area contributed by atoms with Crippen molar-refractivity contribution < 1.29 is 120 Å². The van der Waals surface area contributed by atoms with Gasteiger partial charge < -0.3 is 66.6 Å². The second-order valence-corrected chi connectivity index (χ2v) is 20.3. The number of ether oxygens (including phenoxy) is 2. The molecule has 34 nitrogen and oxygen atoms in total. The summed E-state index contributed by atoms with van der Waals surface area (Å²) in [7, 11) is 0. The summed E-state index contributed by atoms with van der Waals surface area (Å²) in [6, 6.07) is -2.33. The monoisotopic (exact) mass is 1220 g/mol. The first-order valence-corrected chi connectivity index (χ1v) is 28.2. The van der Waals surface area contributed by atoms with E-state index in [9.17, 15) is 102 Å². The zero-order chi connectivity index (χ0) is 64.0. The van der Waals surface area contributed by atoms with Crippen molar-refractivity contribution in [3.8, 4) is 0 Å². The Morgan fingerprint density at radius 2 is 0.895 bits per heavy atom. The van der Waals surface area contributed by atoms with Crippen molar-refractivity contribution in [3.63, 3.8) is 0 Å². The Morgan fingerprint density at radius 1 is 0.500 bits per heavy atom. The van der Waals surface area contributed by atoms with Crippen LogP contribution in [-0.4, -0.2) is 190 Å². The molecule has 3 heterocycles. The number of primary amides is 1. The van der Waals surface area contributed by atoms with Gasteiger partial charge in [-0.25, -0.2) is 47.9 Å². The Bertz CT molecular complexity index is 2540. The number of imide groups is 9. The molecule has 0 saturated carbocycles. The lowest BCUT2D eigenvalue weighted by molar-refractivity contribution is -0.798. The van der Waals surface area contributed by atoms with E-state index in [0.29, 0.717) is 11.8 Å². The van der Waals surface area contributed by atoms with Crippen molar-refractivity contribution in [2.75, 3.05) is 46.0 Å². The van der Waals surface area contributed by atoms with Crippen LogP contribution in [0.4, 0.5) is 0 Å². The molecule has 0 aromatic rings. The molecular formula is C52H76N10O24+2. The van der Waals surface area contributed by atoms with Crippen molar-refractivity contribution in [3.05, 3.63) is 15.6 Å². The predicted molar refractivity (Wildman–Crippen MR) is 285 cm³/mol. The first-order valence-electron chi connectivity index (χ1n) is 28.2. The Kier molecular flexibility index (Phi) is 30.6. The minimum atomic E-state index is -2.30. The molecule has 0 aromatic heterocycles.